The predicted molar refractivity (Wildman–Crippen MR) is 102 cm³/mol. The van der Waals surface area contributed by atoms with Gasteiger partial charge in [-0.3, -0.25) is 0 Å². The van der Waals surface area contributed by atoms with E-state index in [0.29, 0.717) is 23.8 Å². The van der Waals surface area contributed by atoms with Gasteiger partial charge >= 0.3 is 0 Å². The van der Waals surface area contributed by atoms with Crippen molar-refractivity contribution in [2.45, 2.75) is 17.9 Å². The molecule has 4 aromatic rings. The summed E-state index contributed by atoms with van der Waals surface area (Å²) in [7, 11) is -3.53. The van der Waals surface area contributed by atoms with Gasteiger partial charge in [0, 0.05) is 12.0 Å². The molecular formula is C20H17N3O4S. The highest BCUT2D eigenvalue weighted by atomic mass is 32.2. The van der Waals surface area contributed by atoms with E-state index in [1.54, 1.807) is 0 Å². The van der Waals surface area contributed by atoms with Gasteiger partial charge in [-0.25, -0.2) is 13.4 Å². The third-order valence-corrected chi connectivity index (χ3v) is 5.42. The molecule has 0 radical (unpaired) electrons. The third-order valence-electron chi connectivity index (χ3n) is 4.00. The maximum absolute atomic E-state index is 12.5. The number of oxazole rings is 1. The molecule has 0 aliphatic rings. The fourth-order valence-electron chi connectivity index (χ4n) is 2.75. The summed E-state index contributed by atoms with van der Waals surface area (Å²) in [5, 5.41) is 3.86. The molecular weight excluding hydrogens is 378 g/mol. The van der Waals surface area contributed by atoms with E-state index in [1.807, 2.05) is 60.7 Å². The Morgan fingerprint density at radius 3 is 2.32 bits per heavy atom. The molecule has 28 heavy (non-hydrogen) atoms. The van der Waals surface area contributed by atoms with E-state index < -0.39 is 9.84 Å². The Kier molecular flexibility index (Phi) is 5.03. The lowest BCUT2D eigenvalue weighted by molar-refractivity contribution is 0.383. The van der Waals surface area contributed by atoms with Gasteiger partial charge in [-0.05, 0) is 17.7 Å². The molecule has 142 valence electrons. The zero-order chi connectivity index (χ0) is 19.4. The van der Waals surface area contributed by atoms with Crippen molar-refractivity contribution < 1.29 is 17.4 Å². The summed E-state index contributed by atoms with van der Waals surface area (Å²) in [5.41, 5.74) is 2.14. The molecule has 0 fully saturated rings. The number of hydrogen-bond acceptors (Lipinski definition) is 7. The second-order valence-electron chi connectivity index (χ2n) is 6.31. The summed E-state index contributed by atoms with van der Waals surface area (Å²) >= 11 is 0. The molecule has 0 spiro atoms. The van der Waals surface area contributed by atoms with Gasteiger partial charge in [-0.2, -0.15) is 4.98 Å². The van der Waals surface area contributed by atoms with Gasteiger partial charge in [0.1, 0.15) is 12.0 Å². The molecule has 2 heterocycles. The van der Waals surface area contributed by atoms with E-state index in [9.17, 15) is 8.42 Å². The summed E-state index contributed by atoms with van der Waals surface area (Å²) in [6.07, 6.45) is 1.84. The molecule has 7 nitrogen and oxygen atoms in total. The fraction of sp³-hybridized carbons (Fsp3) is 0.150. The summed E-state index contributed by atoms with van der Waals surface area (Å²) in [5.74, 6) is 0.290. The lowest BCUT2D eigenvalue weighted by Crippen LogP contribution is -2.08. The predicted octanol–water partition coefficient (Wildman–Crippen LogP) is 3.43. The number of benzene rings is 2. The Balaban J connectivity index is 1.42. The van der Waals surface area contributed by atoms with Crippen LogP contribution in [0.1, 0.15) is 23.0 Å². The molecule has 0 atom stereocenters. The second kappa shape index (κ2) is 7.77. The zero-order valence-electron chi connectivity index (χ0n) is 14.9. The van der Waals surface area contributed by atoms with Crippen molar-refractivity contribution in [1.82, 2.24) is 15.1 Å². The normalized spacial score (nSPS) is 11.6. The largest absolute Gasteiger partial charge is 0.444 e. The smallest absolute Gasteiger partial charge is 0.241 e. The molecule has 0 aliphatic heterocycles. The summed E-state index contributed by atoms with van der Waals surface area (Å²) in [4.78, 5) is 8.44. The van der Waals surface area contributed by atoms with Crippen LogP contribution in [0, 0.1) is 0 Å². The van der Waals surface area contributed by atoms with Gasteiger partial charge in [-0.15, -0.1) is 0 Å². The topological polar surface area (TPSA) is 99.1 Å². The van der Waals surface area contributed by atoms with Gasteiger partial charge in [-0.1, -0.05) is 53.7 Å². The Hall–Kier alpha value is -3.26. The van der Waals surface area contributed by atoms with E-state index in [-0.39, 0.29) is 17.4 Å². The van der Waals surface area contributed by atoms with Crippen LogP contribution in [0.3, 0.4) is 0 Å². The molecule has 2 aromatic heterocycles. The van der Waals surface area contributed by atoms with Crippen LogP contribution in [-0.2, 0) is 27.8 Å². The first kappa shape index (κ1) is 18.1. The first-order valence-electron chi connectivity index (χ1n) is 8.63. The number of nitrogens with zero attached hydrogens (tertiary/aromatic N) is 3. The zero-order valence-corrected chi connectivity index (χ0v) is 15.7. The van der Waals surface area contributed by atoms with Crippen molar-refractivity contribution in [2.24, 2.45) is 0 Å². The number of aromatic nitrogens is 3. The first-order chi connectivity index (χ1) is 13.6. The molecule has 2 aromatic carbocycles. The minimum absolute atomic E-state index is 0.0673. The highest BCUT2D eigenvalue weighted by Gasteiger charge is 2.20. The maximum Gasteiger partial charge on any atom is 0.241 e. The number of rotatable bonds is 7. The van der Waals surface area contributed by atoms with Crippen molar-refractivity contribution >= 4 is 9.84 Å². The summed E-state index contributed by atoms with van der Waals surface area (Å²) < 4.78 is 35.4. The molecule has 0 amide bonds. The molecule has 0 unspecified atom stereocenters. The molecule has 0 aliphatic carbocycles. The lowest BCUT2D eigenvalue weighted by Gasteiger charge is -1.97. The van der Waals surface area contributed by atoms with Crippen LogP contribution < -0.4 is 0 Å². The average molecular weight is 395 g/mol. The summed E-state index contributed by atoms with van der Waals surface area (Å²) in [6, 6.07) is 18.9. The number of hydrogen-bond donors (Lipinski definition) is 0. The minimum Gasteiger partial charge on any atom is -0.444 e. The monoisotopic (exact) mass is 395 g/mol. The van der Waals surface area contributed by atoms with Crippen molar-refractivity contribution in [3.63, 3.8) is 0 Å². The molecule has 0 N–H and O–H groups in total. The average Bonchev–Trinajstić information content (AvgIpc) is 3.32. The van der Waals surface area contributed by atoms with Gasteiger partial charge in [0.25, 0.3) is 0 Å². The van der Waals surface area contributed by atoms with Gasteiger partial charge in [0.15, 0.2) is 15.7 Å². The third kappa shape index (κ3) is 4.52. The minimum atomic E-state index is -3.53. The van der Waals surface area contributed by atoms with E-state index in [1.165, 1.54) is 6.26 Å². The Morgan fingerprint density at radius 1 is 0.857 bits per heavy atom. The van der Waals surface area contributed by atoms with Crippen LogP contribution in [0.2, 0.25) is 0 Å². The van der Waals surface area contributed by atoms with E-state index >= 15 is 0 Å². The lowest BCUT2D eigenvalue weighted by atomic mass is 10.1. The van der Waals surface area contributed by atoms with E-state index in [4.69, 9.17) is 8.94 Å². The van der Waals surface area contributed by atoms with E-state index in [2.05, 4.69) is 15.1 Å². The maximum atomic E-state index is 12.5. The van der Waals surface area contributed by atoms with Gasteiger partial charge < -0.3 is 8.94 Å². The quantitative estimate of drug-likeness (QED) is 0.473. The van der Waals surface area contributed by atoms with Crippen LogP contribution in [0.4, 0.5) is 0 Å². The van der Waals surface area contributed by atoms with Crippen LogP contribution in [0.15, 0.2) is 75.9 Å². The summed E-state index contributed by atoms with van der Waals surface area (Å²) in [6.45, 7) is 0. The Morgan fingerprint density at radius 2 is 1.57 bits per heavy atom. The molecule has 0 bridgehead atoms. The van der Waals surface area contributed by atoms with Crippen LogP contribution in [0.25, 0.3) is 11.5 Å². The Labute approximate surface area is 162 Å². The van der Waals surface area contributed by atoms with Crippen LogP contribution >= 0.6 is 0 Å². The Bertz CT molecular complexity index is 1150. The highest BCUT2D eigenvalue weighted by molar-refractivity contribution is 7.89. The highest BCUT2D eigenvalue weighted by Crippen LogP contribution is 2.20. The van der Waals surface area contributed by atoms with E-state index in [0.717, 1.165) is 11.1 Å². The fourth-order valence-corrected chi connectivity index (χ4v) is 3.93. The van der Waals surface area contributed by atoms with Crippen molar-refractivity contribution in [2.75, 3.05) is 0 Å². The van der Waals surface area contributed by atoms with Gasteiger partial charge in [0.05, 0.1) is 11.4 Å². The SMILES string of the molecule is O=S(=O)(Cc1coc(-c2ccccc2)n1)Cc1nc(Cc2ccccc2)no1. The van der Waals surface area contributed by atoms with Crippen molar-refractivity contribution in [1.29, 1.82) is 0 Å². The molecule has 0 saturated carbocycles. The van der Waals surface area contributed by atoms with Gasteiger partial charge in [0.2, 0.25) is 11.8 Å². The molecule has 4 rings (SSSR count). The molecule has 0 saturated heterocycles. The second-order valence-corrected chi connectivity index (χ2v) is 8.37. The molecule has 8 heteroatoms. The van der Waals surface area contributed by atoms with Crippen molar-refractivity contribution in [3.05, 3.63) is 89.9 Å². The van der Waals surface area contributed by atoms with Crippen LogP contribution in [-0.4, -0.2) is 23.5 Å². The first-order valence-corrected chi connectivity index (χ1v) is 10.5. The standard InChI is InChI=1S/C20H17N3O4S/c24-28(25,13-17-12-26-20(21-17)16-9-5-2-6-10-16)14-19-22-18(23-27-19)11-15-7-3-1-4-8-15/h1-10,12H,11,13-14H2. The van der Waals surface area contributed by atoms with Crippen molar-refractivity contribution in [3.8, 4) is 11.5 Å². The van der Waals surface area contributed by atoms with Crippen LogP contribution in [0.5, 0.6) is 0 Å². The number of sulfone groups is 1.